The molecule has 0 aliphatic heterocycles. The number of aromatic nitrogens is 1. The van der Waals surface area contributed by atoms with Crippen LogP contribution in [-0.2, 0) is 12.8 Å². The molecule has 1 aromatic carbocycles. The van der Waals surface area contributed by atoms with E-state index in [1.165, 1.54) is 16.7 Å². The fraction of sp³-hybridized carbons (Fsp3) is 0.353. The van der Waals surface area contributed by atoms with E-state index in [-0.39, 0.29) is 6.04 Å². The van der Waals surface area contributed by atoms with Gasteiger partial charge in [0.15, 0.2) is 0 Å². The molecule has 3 heteroatoms. The third-order valence-electron chi connectivity index (χ3n) is 3.58. The number of halogens is 1. The molecule has 1 atom stereocenters. The number of hydrogen-bond donors (Lipinski definition) is 1. The van der Waals surface area contributed by atoms with Crippen molar-refractivity contribution in [3.8, 4) is 0 Å². The fourth-order valence-electron chi connectivity index (χ4n) is 2.29. The van der Waals surface area contributed by atoms with Gasteiger partial charge in [-0.05, 0) is 43.7 Å². The van der Waals surface area contributed by atoms with E-state index in [0.717, 1.165) is 23.0 Å². The smallest absolute Gasteiger partial charge is 0.0422 e. The molecule has 2 nitrogen and oxygen atoms in total. The van der Waals surface area contributed by atoms with Crippen molar-refractivity contribution in [2.75, 3.05) is 7.05 Å². The van der Waals surface area contributed by atoms with Gasteiger partial charge in [-0.15, -0.1) is 0 Å². The maximum atomic E-state index is 4.56. The van der Waals surface area contributed by atoms with E-state index in [2.05, 4.69) is 70.4 Å². The topological polar surface area (TPSA) is 24.9 Å². The Morgan fingerprint density at radius 3 is 2.65 bits per heavy atom. The Kier molecular flexibility index (Phi) is 5.32. The third-order valence-corrected chi connectivity index (χ3v) is 4.31. The maximum Gasteiger partial charge on any atom is 0.0422 e. The van der Waals surface area contributed by atoms with Crippen LogP contribution in [0.4, 0.5) is 0 Å². The van der Waals surface area contributed by atoms with Crippen LogP contribution in [0.3, 0.4) is 0 Å². The SMILES string of the molecule is CCc1ccc(CC(NC)c2cc(C)ccc2Br)nc1. The molecule has 0 aliphatic rings. The van der Waals surface area contributed by atoms with Crippen LogP contribution in [0.5, 0.6) is 0 Å². The van der Waals surface area contributed by atoms with Crippen LogP contribution >= 0.6 is 15.9 Å². The van der Waals surface area contributed by atoms with E-state index in [1.54, 1.807) is 0 Å². The van der Waals surface area contributed by atoms with Gasteiger partial charge in [0.2, 0.25) is 0 Å². The minimum absolute atomic E-state index is 0.268. The van der Waals surface area contributed by atoms with Gasteiger partial charge in [-0.1, -0.05) is 46.6 Å². The van der Waals surface area contributed by atoms with Gasteiger partial charge < -0.3 is 5.32 Å². The molecule has 0 saturated heterocycles. The molecule has 20 heavy (non-hydrogen) atoms. The number of pyridine rings is 1. The van der Waals surface area contributed by atoms with E-state index in [4.69, 9.17) is 0 Å². The minimum atomic E-state index is 0.268. The summed E-state index contributed by atoms with van der Waals surface area (Å²) in [7, 11) is 2.00. The van der Waals surface area contributed by atoms with E-state index < -0.39 is 0 Å². The summed E-state index contributed by atoms with van der Waals surface area (Å²) in [5.41, 5.74) is 4.97. The number of nitrogens with one attached hydrogen (secondary N) is 1. The molecule has 0 bridgehead atoms. The third kappa shape index (κ3) is 3.68. The van der Waals surface area contributed by atoms with Gasteiger partial charge in [-0.3, -0.25) is 4.98 Å². The van der Waals surface area contributed by atoms with Gasteiger partial charge in [-0.25, -0.2) is 0 Å². The number of hydrogen-bond acceptors (Lipinski definition) is 2. The van der Waals surface area contributed by atoms with Crippen LogP contribution in [0.1, 0.15) is 35.3 Å². The summed E-state index contributed by atoms with van der Waals surface area (Å²) in [5.74, 6) is 0. The zero-order valence-corrected chi connectivity index (χ0v) is 13.9. The average molecular weight is 333 g/mol. The van der Waals surface area contributed by atoms with E-state index >= 15 is 0 Å². The second-order valence-corrected chi connectivity index (χ2v) is 5.94. The lowest BCUT2D eigenvalue weighted by Crippen LogP contribution is -2.20. The molecule has 1 unspecified atom stereocenters. The van der Waals surface area contributed by atoms with Crippen LogP contribution in [0.2, 0.25) is 0 Å². The molecule has 1 aromatic heterocycles. The molecule has 106 valence electrons. The Labute approximate surface area is 129 Å². The zero-order valence-electron chi connectivity index (χ0n) is 12.3. The Morgan fingerprint density at radius 1 is 1.25 bits per heavy atom. The second kappa shape index (κ2) is 7.00. The highest BCUT2D eigenvalue weighted by atomic mass is 79.9. The summed E-state index contributed by atoms with van der Waals surface area (Å²) in [4.78, 5) is 4.56. The highest BCUT2D eigenvalue weighted by Crippen LogP contribution is 2.26. The molecule has 0 amide bonds. The standard InChI is InChI=1S/C17H21BrN2/c1-4-13-6-7-14(20-11-13)10-17(19-3)15-9-12(2)5-8-16(15)18/h5-9,11,17,19H,4,10H2,1-3H3. The average Bonchev–Trinajstić information content (AvgIpc) is 2.48. The van der Waals surface area contributed by atoms with Crippen LogP contribution in [-0.4, -0.2) is 12.0 Å². The Balaban J connectivity index is 2.21. The van der Waals surface area contributed by atoms with Gasteiger partial charge in [0.1, 0.15) is 0 Å². The Morgan fingerprint density at radius 2 is 2.05 bits per heavy atom. The predicted octanol–water partition coefficient (Wildman–Crippen LogP) is 4.22. The zero-order chi connectivity index (χ0) is 14.5. The number of rotatable bonds is 5. The Bertz CT molecular complexity index is 564. The summed E-state index contributed by atoms with van der Waals surface area (Å²) < 4.78 is 1.15. The van der Waals surface area contributed by atoms with E-state index in [1.807, 2.05) is 13.2 Å². The first kappa shape index (κ1) is 15.2. The monoisotopic (exact) mass is 332 g/mol. The first-order valence-corrected chi connectivity index (χ1v) is 7.80. The summed E-state index contributed by atoms with van der Waals surface area (Å²) in [6.07, 6.45) is 3.90. The van der Waals surface area contributed by atoms with Gasteiger partial charge in [-0.2, -0.15) is 0 Å². The summed E-state index contributed by atoms with van der Waals surface area (Å²) in [6.45, 7) is 4.27. The van der Waals surface area contributed by atoms with Crippen molar-refractivity contribution in [3.63, 3.8) is 0 Å². The molecule has 1 heterocycles. The summed E-state index contributed by atoms with van der Waals surface area (Å²) in [5, 5.41) is 3.39. The van der Waals surface area contributed by atoms with Crippen molar-refractivity contribution in [1.29, 1.82) is 0 Å². The first-order valence-electron chi connectivity index (χ1n) is 7.01. The normalized spacial score (nSPS) is 12.4. The van der Waals surface area contributed by atoms with Gasteiger partial charge >= 0.3 is 0 Å². The van der Waals surface area contributed by atoms with Gasteiger partial charge in [0.05, 0.1) is 0 Å². The Hall–Kier alpha value is -1.19. The lowest BCUT2D eigenvalue weighted by atomic mass is 10.00. The van der Waals surface area contributed by atoms with Crippen molar-refractivity contribution >= 4 is 15.9 Å². The highest BCUT2D eigenvalue weighted by molar-refractivity contribution is 9.10. The van der Waals surface area contributed by atoms with Crippen LogP contribution in [0.25, 0.3) is 0 Å². The molecular formula is C17H21BrN2. The molecule has 0 aliphatic carbocycles. The van der Waals surface area contributed by atoms with Crippen LogP contribution in [0.15, 0.2) is 41.0 Å². The van der Waals surface area contributed by atoms with Crippen molar-refractivity contribution in [2.24, 2.45) is 0 Å². The first-order chi connectivity index (χ1) is 9.63. The molecule has 0 saturated carbocycles. The van der Waals surface area contributed by atoms with Crippen LogP contribution < -0.4 is 5.32 Å². The highest BCUT2D eigenvalue weighted by Gasteiger charge is 2.14. The number of nitrogens with zero attached hydrogens (tertiary/aromatic N) is 1. The minimum Gasteiger partial charge on any atom is -0.313 e. The molecule has 0 radical (unpaired) electrons. The molecule has 0 fully saturated rings. The molecule has 0 spiro atoms. The second-order valence-electron chi connectivity index (χ2n) is 5.08. The van der Waals surface area contributed by atoms with Crippen LogP contribution in [0, 0.1) is 6.92 Å². The van der Waals surface area contributed by atoms with Gasteiger partial charge in [0, 0.05) is 28.8 Å². The molecule has 2 rings (SSSR count). The quantitative estimate of drug-likeness (QED) is 0.886. The van der Waals surface area contributed by atoms with Crippen molar-refractivity contribution in [2.45, 2.75) is 32.7 Å². The largest absolute Gasteiger partial charge is 0.313 e. The molecular weight excluding hydrogens is 312 g/mol. The lowest BCUT2D eigenvalue weighted by molar-refractivity contribution is 0.581. The van der Waals surface area contributed by atoms with E-state index in [9.17, 15) is 0 Å². The fourth-order valence-corrected chi connectivity index (χ4v) is 2.81. The van der Waals surface area contributed by atoms with E-state index in [0.29, 0.717) is 0 Å². The van der Waals surface area contributed by atoms with Crippen molar-refractivity contribution < 1.29 is 0 Å². The number of aryl methyl sites for hydroxylation is 2. The number of benzene rings is 1. The molecule has 1 N–H and O–H groups in total. The summed E-state index contributed by atoms with van der Waals surface area (Å²) in [6, 6.07) is 11.0. The predicted molar refractivity (Wildman–Crippen MR) is 88.0 cm³/mol. The maximum absolute atomic E-state index is 4.56. The van der Waals surface area contributed by atoms with Gasteiger partial charge in [0.25, 0.3) is 0 Å². The van der Waals surface area contributed by atoms with Crippen molar-refractivity contribution in [1.82, 2.24) is 10.3 Å². The lowest BCUT2D eigenvalue weighted by Gasteiger charge is -2.18. The van der Waals surface area contributed by atoms with Crippen molar-refractivity contribution in [3.05, 3.63) is 63.4 Å². The molecule has 2 aromatic rings. The summed E-state index contributed by atoms with van der Waals surface area (Å²) >= 11 is 3.65. The number of likely N-dealkylation sites (N-methyl/N-ethyl adjacent to an activating group) is 1.